The maximum atomic E-state index is 11.7. The van der Waals surface area contributed by atoms with Crippen molar-refractivity contribution in [3.05, 3.63) is 9.66 Å². The fourth-order valence-electron chi connectivity index (χ4n) is 2.02. The first-order chi connectivity index (χ1) is 6.59. The molecular weight excluding hydrogens is 295 g/mol. The fourth-order valence-corrected chi connectivity index (χ4v) is 2.86. The molecule has 78 valence electrons. The highest BCUT2D eigenvalue weighted by Crippen LogP contribution is 2.45. The second-order valence-electron chi connectivity index (χ2n) is 3.44. The largest absolute Gasteiger partial charge is 0.468 e. The number of ether oxygens (including phenoxy) is 1. The summed E-state index contributed by atoms with van der Waals surface area (Å²) in [5, 5.41) is 0. The van der Waals surface area contributed by atoms with Gasteiger partial charge in [-0.05, 0) is 35.8 Å². The zero-order chi connectivity index (χ0) is 10.8. The number of Topliss-reactive ketones (excluding diaryl/α,β-unsaturated/α-hetero) is 1. The molecular formula is C10H13IO3. The van der Waals surface area contributed by atoms with Gasteiger partial charge in [0.05, 0.1) is 7.11 Å². The highest BCUT2D eigenvalue weighted by Gasteiger charge is 2.50. The molecule has 3 nitrogen and oxygen atoms in total. The summed E-state index contributed by atoms with van der Waals surface area (Å²) in [6.07, 6.45) is 2.28. The maximum absolute atomic E-state index is 11.7. The van der Waals surface area contributed by atoms with E-state index in [1.165, 1.54) is 14.0 Å². The number of hydrogen-bond acceptors (Lipinski definition) is 3. The topological polar surface area (TPSA) is 43.4 Å². The molecule has 0 aliphatic heterocycles. The highest BCUT2D eigenvalue weighted by molar-refractivity contribution is 14.1. The molecule has 1 aliphatic carbocycles. The van der Waals surface area contributed by atoms with Gasteiger partial charge in [0.15, 0.2) is 5.78 Å². The summed E-state index contributed by atoms with van der Waals surface area (Å²) in [5.74, 6) is -0.518. The van der Waals surface area contributed by atoms with Crippen molar-refractivity contribution in [1.29, 1.82) is 0 Å². The van der Waals surface area contributed by atoms with Gasteiger partial charge in [0.2, 0.25) is 0 Å². The molecule has 4 heteroatoms. The molecule has 0 radical (unpaired) electrons. The van der Waals surface area contributed by atoms with Crippen LogP contribution in [0.4, 0.5) is 0 Å². The van der Waals surface area contributed by atoms with Crippen molar-refractivity contribution in [1.82, 2.24) is 0 Å². The van der Waals surface area contributed by atoms with Crippen LogP contribution in [0.2, 0.25) is 0 Å². The number of carbonyl (C=O) groups excluding carboxylic acids is 2. The van der Waals surface area contributed by atoms with Crippen LogP contribution in [-0.2, 0) is 14.3 Å². The predicted octanol–water partition coefficient (Wildman–Crippen LogP) is 2.24. The minimum absolute atomic E-state index is 0.107. The van der Waals surface area contributed by atoms with Gasteiger partial charge in [0.25, 0.3) is 0 Å². The van der Waals surface area contributed by atoms with Crippen LogP contribution in [0.25, 0.3) is 0 Å². The summed E-state index contributed by atoms with van der Waals surface area (Å²) in [6, 6.07) is 0. The van der Waals surface area contributed by atoms with Gasteiger partial charge in [-0.25, -0.2) is 0 Å². The number of ketones is 1. The van der Waals surface area contributed by atoms with E-state index < -0.39 is 11.4 Å². The molecule has 0 aromatic heterocycles. The molecule has 1 aliphatic rings. The molecule has 1 rings (SSSR count). The lowest BCUT2D eigenvalue weighted by Crippen LogP contribution is -2.37. The Morgan fingerprint density at radius 3 is 2.64 bits per heavy atom. The third-order valence-electron chi connectivity index (χ3n) is 2.81. The van der Waals surface area contributed by atoms with Gasteiger partial charge < -0.3 is 4.74 Å². The number of halogens is 1. The van der Waals surface area contributed by atoms with Crippen LogP contribution in [0.5, 0.6) is 0 Å². The van der Waals surface area contributed by atoms with E-state index in [0.29, 0.717) is 6.42 Å². The van der Waals surface area contributed by atoms with E-state index in [0.717, 1.165) is 18.4 Å². The third-order valence-corrected chi connectivity index (χ3v) is 3.56. The van der Waals surface area contributed by atoms with E-state index in [9.17, 15) is 9.59 Å². The molecule has 0 aromatic carbocycles. The van der Waals surface area contributed by atoms with Crippen molar-refractivity contribution in [2.75, 3.05) is 7.11 Å². The minimum Gasteiger partial charge on any atom is -0.468 e. The van der Waals surface area contributed by atoms with Crippen molar-refractivity contribution in [2.45, 2.75) is 26.2 Å². The smallest absolute Gasteiger partial charge is 0.323 e. The molecule has 0 N–H and O–H groups in total. The van der Waals surface area contributed by atoms with Crippen molar-refractivity contribution in [3.63, 3.8) is 0 Å². The van der Waals surface area contributed by atoms with E-state index in [1.807, 2.05) is 4.08 Å². The Morgan fingerprint density at radius 1 is 1.57 bits per heavy atom. The summed E-state index contributed by atoms with van der Waals surface area (Å²) in [5.41, 5.74) is -0.0758. The lowest BCUT2D eigenvalue weighted by Gasteiger charge is -2.24. The number of methoxy groups -OCH3 is 1. The van der Waals surface area contributed by atoms with E-state index in [4.69, 9.17) is 4.74 Å². The van der Waals surface area contributed by atoms with E-state index >= 15 is 0 Å². The first kappa shape index (κ1) is 11.7. The van der Waals surface area contributed by atoms with Crippen LogP contribution in [0.3, 0.4) is 0 Å². The molecule has 0 saturated heterocycles. The van der Waals surface area contributed by atoms with Gasteiger partial charge in [-0.1, -0.05) is 22.6 Å². The Morgan fingerprint density at radius 2 is 2.21 bits per heavy atom. The molecule has 0 amide bonds. The minimum atomic E-state index is -0.976. The summed E-state index contributed by atoms with van der Waals surface area (Å²) in [6.45, 7) is 1.46. The second-order valence-corrected chi connectivity index (χ2v) is 4.06. The fraction of sp³-hybridized carbons (Fsp3) is 0.600. The Balaban J connectivity index is 3.16. The van der Waals surface area contributed by atoms with E-state index in [1.54, 1.807) is 0 Å². The van der Waals surface area contributed by atoms with Crippen molar-refractivity contribution in [3.8, 4) is 0 Å². The van der Waals surface area contributed by atoms with Gasteiger partial charge in [0, 0.05) is 0 Å². The Labute approximate surface area is 97.0 Å². The zero-order valence-corrected chi connectivity index (χ0v) is 10.5. The molecule has 0 bridgehead atoms. The zero-order valence-electron chi connectivity index (χ0n) is 8.30. The van der Waals surface area contributed by atoms with Crippen LogP contribution in [0.15, 0.2) is 9.66 Å². The van der Waals surface area contributed by atoms with Gasteiger partial charge in [-0.15, -0.1) is 0 Å². The molecule has 1 fully saturated rings. The predicted molar refractivity (Wildman–Crippen MR) is 61.1 cm³/mol. The van der Waals surface area contributed by atoms with Gasteiger partial charge >= 0.3 is 5.97 Å². The van der Waals surface area contributed by atoms with Crippen LogP contribution in [-0.4, -0.2) is 18.9 Å². The third kappa shape index (κ3) is 1.60. The first-order valence-electron chi connectivity index (χ1n) is 4.48. The Kier molecular flexibility index (Phi) is 3.69. The summed E-state index contributed by atoms with van der Waals surface area (Å²) in [7, 11) is 1.33. The number of rotatable bonds is 2. The van der Waals surface area contributed by atoms with Crippen molar-refractivity contribution < 1.29 is 14.3 Å². The monoisotopic (exact) mass is 308 g/mol. The van der Waals surface area contributed by atoms with Crippen LogP contribution in [0, 0.1) is 5.41 Å². The Hall–Kier alpha value is -0.390. The van der Waals surface area contributed by atoms with Crippen LogP contribution < -0.4 is 0 Å². The second kappa shape index (κ2) is 4.42. The van der Waals surface area contributed by atoms with E-state index in [-0.39, 0.29) is 5.78 Å². The normalized spacial score (nSPS) is 29.2. The van der Waals surface area contributed by atoms with Gasteiger partial charge in [0.1, 0.15) is 5.41 Å². The quantitative estimate of drug-likeness (QED) is 0.446. The SMILES string of the molecule is COC(=O)C1(C(C)=O)CCC/C1=C\I. The summed E-state index contributed by atoms with van der Waals surface area (Å²) >= 11 is 2.08. The molecule has 1 unspecified atom stereocenters. The van der Waals surface area contributed by atoms with Crippen LogP contribution >= 0.6 is 22.6 Å². The first-order valence-corrected chi connectivity index (χ1v) is 5.73. The average Bonchev–Trinajstić information content (AvgIpc) is 2.60. The molecule has 1 atom stereocenters. The molecule has 0 heterocycles. The van der Waals surface area contributed by atoms with E-state index in [2.05, 4.69) is 22.6 Å². The average molecular weight is 308 g/mol. The van der Waals surface area contributed by atoms with Crippen molar-refractivity contribution in [2.24, 2.45) is 5.41 Å². The number of esters is 1. The number of carbonyl (C=O) groups is 2. The standard InChI is InChI=1S/C10H13IO3/c1-7(12)10(9(13)14-2)5-3-4-8(10)6-11/h6H,3-5H2,1-2H3/b8-6+. The van der Waals surface area contributed by atoms with Crippen molar-refractivity contribution >= 4 is 34.3 Å². The summed E-state index contributed by atoms with van der Waals surface area (Å²) in [4.78, 5) is 23.3. The summed E-state index contributed by atoms with van der Waals surface area (Å²) < 4.78 is 6.56. The molecule has 0 aromatic rings. The lowest BCUT2D eigenvalue weighted by atomic mass is 9.79. The molecule has 0 spiro atoms. The maximum Gasteiger partial charge on any atom is 0.323 e. The molecule has 1 saturated carbocycles. The highest BCUT2D eigenvalue weighted by atomic mass is 127. The molecule has 14 heavy (non-hydrogen) atoms. The number of hydrogen-bond donors (Lipinski definition) is 0. The van der Waals surface area contributed by atoms with Crippen LogP contribution in [0.1, 0.15) is 26.2 Å². The lowest BCUT2D eigenvalue weighted by molar-refractivity contribution is -0.154. The van der Waals surface area contributed by atoms with Gasteiger partial charge in [-0.2, -0.15) is 0 Å². The Bertz CT molecular complexity index is 296. The van der Waals surface area contributed by atoms with Gasteiger partial charge in [-0.3, -0.25) is 9.59 Å².